The van der Waals surface area contributed by atoms with Crippen LogP contribution < -0.4 is 5.32 Å². The lowest BCUT2D eigenvalue weighted by Crippen LogP contribution is -2.27. The molecule has 0 unspecified atom stereocenters. The molecule has 1 heterocycles. The maximum atomic E-state index is 13.4. The van der Waals surface area contributed by atoms with Crippen molar-refractivity contribution >= 4 is 11.7 Å². The van der Waals surface area contributed by atoms with Crippen molar-refractivity contribution in [3.8, 4) is 11.3 Å². The smallest absolute Gasteiger partial charge is 0.229 e. The number of hydrogen-bond acceptors (Lipinski definition) is 2. The molecule has 3 saturated carbocycles. The van der Waals surface area contributed by atoms with E-state index in [1.54, 1.807) is 12.1 Å². The van der Waals surface area contributed by atoms with Gasteiger partial charge in [-0.05, 0) is 80.5 Å². The Labute approximate surface area is 159 Å². The van der Waals surface area contributed by atoms with E-state index in [1.807, 2.05) is 11.7 Å². The van der Waals surface area contributed by atoms with Crippen LogP contribution in [0.15, 0.2) is 24.3 Å². The third-order valence-electron chi connectivity index (χ3n) is 6.52. The van der Waals surface area contributed by atoms with E-state index in [1.165, 1.54) is 44.2 Å². The second kappa shape index (κ2) is 6.47. The van der Waals surface area contributed by atoms with Gasteiger partial charge in [-0.15, -0.1) is 0 Å². The van der Waals surface area contributed by atoms with Crippen molar-refractivity contribution < 1.29 is 9.18 Å². The number of anilines is 1. The third kappa shape index (κ3) is 3.17. The number of aromatic nitrogens is 2. The number of halogens is 1. The van der Waals surface area contributed by atoms with Crippen LogP contribution in [0, 0.1) is 23.6 Å². The fourth-order valence-corrected chi connectivity index (χ4v) is 4.59. The molecule has 0 bridgehead atoms. The molecule has 0 spiro atoms. The monoisotopic (exact) mass is 367 g/mol. The molecule has 0 radical (unpaired) electrons. The van der Waals surface area contributed by atoms with Crippen LogP contribution in [0.2, 0.25) is 0 Å². The number of benzene rings is 1. The number of nitrogens with one attached hydrogen (secondary N) is 1. The molecule has 2 aromatic rings. The summed E-state index contributed by atoms with van der Waals surface area (Å²) in [5.41, 5.74) is 3.09. The van der Waals surface area contributed by atoms with Crippen LogP contribution in [0.4, 0.5) is 10.2 Å². The molecular formula is C22H26FN3O. The zero-order valence-electron chi connectivity index (χ0n) is 15.7. The van der Waals surface area contributed by atoms with Gasteiger partial charge >= 0.3 is 0 Å². The van der Waals surface area contributed by atoms with Crippen molar-refractivity contribution in [2.24, 2.45) is 24.8 Å². The molecule has 3 fully saturated rings. The first kappa shape index (κ1) is 17.0. The number of rotatable bonds is 6. The zero-order chi connectivity index (χ0) is 18.5. The standard InChI is InChI=1S/C22H26FN3O/c1-26-20(16-9-11-17(23)12-10-16)19(13-3-2-4-13)21(25-26)24-22(27)18(14-5-6-14)15-7-8-15/h9-15,18H,2-8H2,1H3,(H,24,25,27). The Morgan fingerprint density at radius 1 is 1.11 bits per heavy atom. The van der Waals surface area contributed by atoms with Gasteiger partial charge in [0.15, 0.2) is 5.82 Å². The molecule has 1 N–H and O–H groups in total. The first-order valence-corrected chi connectivity index (χ1v) is 10.3. The van der Waals surface area contributed by atoms with E-state index in [9.17, 15) is 9.18 Å². The van der Waals surface area contributed by atoms with Gasteiger partial charge in [-0.25, -0.2) is 4.39 Å². The molecular weight excluding hydrogens is 341 g/mol. The van der Waals surface area contributed by atoms with E-state index in [2.05, 4.69) is 10.4 Å². The van der Waals surface area contributed by atoms with E-state index < -0.39 is 0 Å². The number of nitrogens with zero attached hydrogens (tertiary/aromatic N) is 2. The highest BCUT2D eigenvalue weighted by Crippen LogP contribution is 2.50. The van der Waals surface area contributed by atoms with Gasteiger partial charge in [-0.3, -0.25) is 9.48 Å². The van der Waals surface area contributed by atoms with Gasteiger partial charge in [-0.1, -0.05) is 6.42 Å². The summed E-state index contributed by atoms with van der Waals surface area (Å²) in [6, 6.07) is 6.58. The molecule has 5 heteroatoms. The molecule has 142 valence electrons. The third-order valence-corrected chi connectivity index (χ3v) is 6.52. The largest absolute Gasteiger partial charge is 0.309 e. The van der Waals surface area contributed by atoms with Crippen LogP contribution in [0.1, 0.15) is 56.4 Å². The summed E-state index contributed by atoms with van der Waals surface area (Å²) >= 11 is 0. The molecule has 0 saturated heterocycles. The van der Waals surface area contributed by atoms with Crippen LogP contribution in [0.5, 0.6) is 0 Å². The maximum Gasteiger partial charge on any atom is 0.229 e. The molecule has 0 atom stereocenters. The highest BCUT2D eigenvalue weighted by molar-refractivity contribution is 5.94. The molecule has 3 aliphatic carbocycles. The maximum absolute atomic E-state index is 13.4. The minimum absolute atomic E-state index is 0.157. The molecule has 1 amide bonds. The quantitative estimate of drug-likeness (QED) is 0.792. The van der Waals surface area contributed by atoms with Crippen LogP contribution >= 0.6 is 0 Å². The molecule has 27 heavy (non-hydrogen) atoms. The summed E-state index contributed by atoms with van der Waals surface area (Å²) in [5.74, 6) is 2.37. The molecule has 0 aliphatic heterocycles. The SMILES string of the molecule is Cn1nc(NC(=O)C(C2CC2)C2CC2)c(C2CCC2)c1-c1ccc(F)cc1. The summed E-state index contributed by atoms with van der Waals surface area (Å²) in [4.78, 5) is 13.0. The fourth-order valence-electron chi connectivity index (χ4n) is 4.59. The lowest BCUT2D eigenvalue weighted by Gasteiger charge is -2.27. The molecule has 5 rings (SSSR count). The number of aryl methyl sites for hydroxylation is 1. The minimum atomic E-state index is -0.239. The van der Waals surface area contributed by atoms with Gasteiger partial charge in [0.05, 0.1) is 5.69 Å². The highest BCUT2D eigenvalue weighted by Gasteiger charge is 2.46. The Bertz CT molecular complexity index is 848. The van der Waals surface area contributed by atoms with Gasteiger partial charge in [0.2, 0.25) is 5.91 Å². The predicted octanol–water partition coefficient (Wildman–Crippen LogP) is 4.87. The average molecular weight is 367 g/mol. The first-order valence-electron chi connectivity index (χ1n) is 10.3. The normalized spacial score (nSPS) is 20.0. The fraction of sp³-hybridized carbons (Fsp3) is 0.545. The van der Waals surface area contributed by atoms with Gasteiger partial charge in [-0.2, -0.15) is 5.10 Å². The zero-order valence-corrected chi connectivity index (χ0v) is 15.7. The Hall–Kier alpha value is -2.17. The molecule has 1 aromatic heterocycles. The number of carbonyl (C=O) groups excluding carboxylic acids is 1. The van der Waals surface area contributed by atoms with Crippen LogP contribution in [0.3, 0.4) is 0 Å². The lowest BCUT2D eigenvalue weighted by atomic mass is 9.78. The summed E-state index contributed by atoms with van der Waals surface area (Å²) < 4.78 is 15.2. The summed E-state index contributed by atoms with van der Waals surface area (Å²) in [7, 11) is 1.91. The van der Waals surface area contributed by atoms with Crippen LogP contribution in [0.25, 0.3) is 11.3 Å². The molecule has 4 nitrogen and oxygen atoms in total. The summed E-state index contributed by atoms with van der Waals surface area (Å²) in [6.45, 7) is 0. The number of hydrogen-bond donors (Lipinski definition) is 1. The Morgan fingerprint density at radius 2 is 1.74 bits per heavy atom. The topological polar surface area (TPSA) is 46.9 Å². The van der Waals surface area contributed by atoms with Gasteiger partial charge in [0.1, 0.15) is 5.82 Å². The van der Waals surface area contributed by atoms with Crippen molar-refractivity contribution in [2.75, 3.05) is 5.32 Å². The summed E-state index contributed by atoms with van der Waals surface area (Å²) in [5, 5.41) is 7.88. The summed E-state index contributed by atoms with van der Waals surface area (Å²) in [6.07, 6.45) is 8.21. The highest BCUT2D eigenvalue weighted by atomic mass is 19.1. The Morgan fingerprint density at radius 3 is 2.26 bits per heavy atom. The molecule has 3 aliphatic rings. The van der Waals surface area contributed by atoms with E-state index in [4.69, 9.17) is 0 Å². The lowest BCUT2D eigenvalue weighted by molar-refractivity contribution is -0.121. The second-order valence-electron chi connectivity index (χ2n) is 8.56. The van der Waals surface area contributed by atoms with Crippen molar-refractivity contribution in [3.63, 3.8) is 0 Å². The first-order chi connectivity index (χ1) is 13.1. The minimum Gasteiger partial charge on any atom is -0.309 e. The predicted molar refractivity (Wildman–Crippen MR) is 103 cm³/mol. The Balaban J connectivity index is 1.49. The number of amides is 1. The average Bonchev–Trinajstić information content (AvgIpc) is 3.50. The van der Waals surface area contributed by atoms with Crippen LogP contribution in [-0.4, -0.2) is 15.7 Å². The van der Waals surface area contributed by atoms with E-state index in [0.29, 0.717) is 17.8 Å². The van der Waals surface area contributed by atoms with Crippen molar-refractivity contribution in [1.29, 1.82) is 0 Å². The van der Waals surface area contributed by atoms with Gasteiger partial charge in [0, 0.05) is 24.1 Å². The van der Waals surface area contributed by atoms with E-state index in [-0.39, 0.29) is 17.6 Å². The van der Waals surface area contributed by atoms with Crippen molar-refractivity contribution in [3.05, 3.63) is 35.6 Å². The van der Waals surface area contributed by atoms with Gasteiger partial charge in [0.25, 0.3) is 0 Å². The number of carbonyl (C=O) groups is 1. The van der Waals surface area contributed by atoms with E-state index in [0.717, 1.165) is 35.5 Å². The molecule has 1 aromatic carbocycles. The van der Waals surface area contributed by atoms with Crippen LogP contribution in [-0.2, 0) is 11.8 Å². The Kier molecular flexibility index (Phi) is 4.06. The van der Waals surface area contributed by atoms with Crippen molar-refractivity contribution in [2.45, 2.75) is 50.9 Å². The van der Waals surface area contributed by atoms with E-state index >= 15 is 0 Å². The van der Waals surface area contributed by atoms with Gasteiger partial charge < -0.3 is 5.32 Å². The van der Waals surface area contributed by atoms with Crippen molar-refractivity contribution in [1.82, 2.24) is 9.78 Å². The second-order valence-corrected chi connectivity index (χ2v) is 8.56.